The molecule has 5 heteroatoms. The maximum Gasteiger partial charge on any atom is 0.312 e. The molecule has 4 nitrogen and oxygen atoms in total. The van der Waals surface area contributed by atoms with Gasteiger partial charge >= 0.3 is 5.97 Å². The molecule has 0 radical (unpaired) electrons. The molecule has 0 aromatic heterocycles. The van der Waals surface area contributed by atoms with Gasteiger partial charge in [-0.25, -0.2) is 0 Å². The number of thioether (sulfide) groups is 1. The van der Waals surface area contributed by atoms with Crippen LogP contribution in [0.2, 0.25) is 0 Å². The average molecular weight is 293 g/mol. The van der Waals surface area contributed by atoms with Crippen LogP contribution < -0.4 is 10.1 Å². The monoisotopic (exact) mass is 293 g/mol. The molecular weight excluding hydrogens is 274 g/mol. The van der Waals surface area contributed by atoms with Crippen molar-refractivity contribution in [3.05, 3.63) is 24.3 Å². The van der Waals surface area contributed by atoms with Crippen molar-refractivity contribution in [3.63, 3.8) is 0 Å². The van der Waals surface area contributed by atoms with E-state index in [9.17, 15) is 9.59 Å². The summed E-state index contributed by atoms with van der Waals surface area (Å²) in [5, 5.41) is 2.84. The SMILES string of the molecule is CCSCCC(=O)Oc1cccc(NC(=O)C2CC2)c1. The highest BCUT2D eigenvalue weighted by Gasteiger charge is 2.29. The molecule has 0 saturated heterocycles. The Balaban J connectivity index is 1.85. The standard InChI is InChI=1S/C15H19NO3S/c1-2-20-9-8-14(17)19-13-5-3-4-12(10-13)16-15(18)11-6-7-11/h3-5,10-11H,2,6-9H2,1H3,(H,16,18). The fraction of sp³-hybridized carbons (Fsp3) is 0.467. The molecule has 0 atom stereocenters. The molecule has 0 heterocycles. The second kappa shape index (κ2) is 7.33. The first kappa shape index (κ1) is 14.9. The molecule has 1 aliphatic rings. The van der Waals surface area contributed by atoms with Crippen molar-refractivity contribution in [1.82, 2.24) is 0 Å². The zero-order valence-electron chi connectivity index (χ0n) is 11.6. The van der Waals surface area contributed by atoms with Crippen LogP contribution in [0.3, 0.4) is 0 Å². The molecule has 0 unspecified atom stereocenters. The quantitative estimate of drug-likeness (QED) is 0.477. The summed E-state index contributed by atoms with van der Waals surface area (Å²) in [5.41, 5.74) is 0.676. The third-order valence-corrected chi connectivity index (χ3v) is 3.84. The first-order chi connectivity index (χ1) is 9.69. The van der Waals surface area contributed by atoms with Crippen molar-refractivity contribution in [2.75, 3.05) is 16.8 Å². The molecule has 1 aromatic rings. The number of hydrogen-bond donors (Lipinski definition) is 1. The summed E-state index contributed by atoms with van der Waals surface area (Å²) in [6.45, 7) is 2.06. The molecule has 0 spiro atoms. The fourth-order valence-corrected chi connectivity index (χ4v) is 2.31. The van der Waals surface area contributed by atoms with Crippen LogP contribution in [-0.4, -0.2) is 23.4 Å². The van der Waals surface area contributed by atoms with Crippen LogP contribution in [0.5, 0.6) is 5.75 Å². The molecule has 1 saturated carbocycles. The lowest BCUT2D eigenvalue weighted by Gasteiger charge is -2.07. The van der Waals surface area contributed by atoms with E-state index in [4.69, 9.17) is 4.74 Å². The molecule has 1 N–H and O–H groups in total. The summed E-state index contributed by atoms with van der Waals surface area (Å²) in [4.78, 5) is 23.3. The minimum Gasteiger partial charge on any atom is -0.426 e. The van der Waals surface area contributed by atoms with Crippen molar-refractivity contribution < 1.29 is 14.3 Å². The summed E-state index contributed by atoms with van der Waals surface area (Å²) in [7, 11) is 0. The third-order valence-electron chi connectivity index (χ3n) is 2.94. The molecule has 0 bridgehead atoms. The fourth-order valence-electron chi connectivity index (χ4n) is 1.71. The Bertz CT molecular complexity index is 486. The minimum absolute atomic E-state index is 0.0489. The number of ether oxygens (including phenoxy) is 1. The van der Waals surface area contributed by atoms with Crippen LogP contribution >= 0.6 is 11.8 Å². The molecule has 2 rings (SSSR count). The number of carbonyl (C=O) groups is 2. The topological polar surface area (TPSA) is 55.4 Å². The molecule has 1 amide bonds. The highest BCUT2D eigenvalue weighted by molar-refractivity contribution is 7.99. The van der Waals surface area contributed by atoms with E-state index >= 15 is 0 Å². The van der Waals surface area contributed by atoms with E-state index in [1.54, 1.807) is 36.0 Å². The number of carbonyl (C=O) groups excluding carboxylic acids is 2. The molecule has 1 aromatic carbocycles. The van der Waals surface area contributed by atoms with Gasteiger partial charge in [-0.1, -0.05) is 13.0 Å². The van der Waals surface area contributed by atoms with E-state index in [0.717, 1.165) is 24.3 Å². The number of rotatable bonds is 7. The third kappa shape index (κ3) is 4.89. The molecule has 0 aliphatic heterocycles. The molecular formula is C15H19NO3S. The molecule has 108 valence electrons. The maximum atomic E-state index is 11.7. The highest BCUT2D eigenvalue weighted by Crippen LogP contribution is 2.30. The number of amides is 1. The van der Waals surface area contributed by atoms with Gasteiger partial charge in [0.15, 0.2) is 0 Å². The average Bonchev–Trinajstić information content (AvgIpc) is 3.23. The van der Waals surface area contributed by atoms with Gasteiger partial charge < -0.3 is 10.1 Å². The Morgan fingerprint density at radius 3 is 2.90 bits per heavy atom. The minimum atomic E-state index is -0.239. The maximum absolute atomic E-state index is 11.7. The zero-order chi connectivity index (χ0) is 14.4. The van der Waals surface area contributed by atoms with Crippen LogP contribution in [0.25, 0.3) is 0 Å². The van der Waals surface area contributed by atoms with Gasteiger partial charge in [0.25, 0.3) is 0 Å². The van der Waals surface area contributed by atoms with Crippen LogP contribution in [0.1, 0.15) is 26.2 Å². The van der Waals surface area contributed by atoms with Gasteiger partial charge in [-0.3, -0.25) is 9.59 Å². The second-order valence-corrected chi connectivity index (χ2v) is 6.11. The summed E-state index contributed by atoms with van der Waals surface area (Å²) in [6.07, 6.45) is 2.34. The smallest absolute Gasteiger partial charge is 0.312 e. The van der Waals surface area contributed by atoms with Crippen LogP contribution in [-0.2, 0) is 9.59 Å². The van der Waals surface area contributed by atoms with Gasteiger partial charge in [-0.15, -0.1) is 0 Å². The Morgan fingerprint density at radius 1 is 1.40 bits per heavy atom. The largest absolute Gasteiger partial charge is 0.426 e. The summed E-state index contributed by atoms with van der Waals surface area (Å²) in [5.74, 6) is 2.21. The van der Waals surface area contributed by atoms with E-state index in [1.165, 1.54) is 0 Å². The van der Waals surface area contributed by atoms with E-state index in [2.05, 4.69) is 12.2 Å². The summed E-state index contributed by atoms with van der Waals surface area (Å²) >= 11 is 1.71. The Labute approximate surface area is 123 Å². The van der Waals surface area contributed by atoms with Crippen molar-refractivity contribution >= 4 is 29.3 Å². The lowest BCUT2D eigenvalue weighted by Crippen LogP contribution is -2.13. The number of esters is 1. The first-order valence-electron chi connectivity index (χ1n) is 6.88. The predicted molar refractivity (Wildman–Crippen MR) is 81.0 cm³/mol. The van der Waals surface area contributed by atoms with Crippen molar-refractivity contribution in [2.45, 2.75) is 26.2 Å². The number of anilines is 1. The Hall–Kier alpha value is -1.49. The molecule has 1 fully saturated rings. The normalized spacial score (nSPS) is 13.8. The van der Waals surface area contributed by atoms with E-state index < -0.39 is 0 Å². The lowest BCUT2D eigenvalue weighted by atomic mass is 10.3. The van der Waals surface area contributed by atoms with Gasteiger partial charge in [0.05, 0.1) is 6.42 Å². The Morgan fingerprint density at radius 2 is 2.20 bits per heavy atom. The summed E-state index contributed by atoms with van der Waals surface area (Å²) in [6, 6.07) is 6.97. The number of hydrogen-bond acceptors (Lipinski definition) is 4. The summed E-state index contributed by atoms with van der Waals surface area (Å²) < 4.78 is 5.26. The van der Waals surface area contributed by atoms with E-state index in [-0.39, 0.29) is 17.8 Å². The van der Waals surface area contributed by atoms with Crippen LogP contribution in [0, 0.1) is 5.92 Å². The van der Waals surface area contributed by atoms with Crippen molar-refractivity contribution in [3.8, 4) is 5.75 Å². The van der Waals surface area contributed by atoms with E-state index in [0.29, 0.717) is 17.9 Å². The zero-order valence-corrected chi connectivity index (χ0v) is 12.4. The number of nitrogens with one attached hydrogen (secondary N) is 1. The van der Waals surface area contributed by atoms with Gasteiger partial charge in [0, 0.05) is 23.4 Å². The second-order valence-electron chi connectivity index (χ2n) is 4.71. The van der Waals surface area contributed by atoms with Crippen LogP contribution in [0.4, 0.5) is 5.69 Å². The van der Waals surface area contributed by atoms with Gasteiger partial charge in [0.2, 0.25) is 5.91 Å². The lowest BCUT2D eigenvalue weighted by molar-refractivity contribution is -0.133. The predicted octanol–water partition coefficient (Wildman–Crippen LogP) is 3.08. The van der Waals surface area contributed by atoms with Gasteiger partial charge in [0.1, 0.15) is 5.75 Å². The van der Waals surface area contributed by atoms with Crippen LogP contribution in [0.15, 0.2) is 24.3 Å². The van der Waals surface area contributed by atoms with Crippen molar-refractivity contribution in [1.29, 1.82) is 0 Å². The first-order valence-corrected chi connectivity index (χ1v) is 8.04. The molecule has 1 aliphatic carbocycles. The molecule has 20 heavy (non-hydrogen) atoms. The van der Waals surface area contributed by atoms with Crippen molar-refractivity contribution in [2.24, 2.45) is 5.92 Å². The highest BCUT2D eigenvalue weighted by atomic mass is 32.2. The van der Waals surface area contributed by atoms with E-state index in [1.807, 2.05) is 0 Å². The Kier molecular flexibility index (Phi) is 5.47. The van der Waals surface area contributed by atoms with Gasteiger partial charge in [-0.2, -0.15) is 11.8 Å². The number of benzene rings is 1. The van der Waals surface area contributed by atoms with Gasteiger partial charge in [-0.05, 0) is 30.7 Å².